The van der Waals surface area contributed by atoms with E-state index in [0.29, 0.717) is 12.1 Å². The van der Waals surface area contributed by atoms with Gasteiger partial charge in [0.05, 0.1) is 0 Å². The van der Waals surface area contributed by atoms with Gasteiger partial charge in [-0.3, -0.25) is 0 Å². The molecule has 0 saturated heterocycles. The van der Waals surface area contributed by atoms with Crippen LogP contribution in [0.3, 0.4) is 0 Å². The van der Waals surface area contributed by atoms with E-state index in [1.807, 2.05) is 20.8 Å². The molecule has 2 N–H and O–H groups in total. The minimum Gasteiger partial charge on any atom is -0.444 e. The second kappa shape index (κ2) is 8.16. The van der Waals surface area contributed by atoms with E-state index < -0.39 is 18.1 Å². The molecule has 1 aromatic rings. The lowest BCUT2D eigenvalue weighted by molar-refractivity contribution is -0.274. The zero-order valence-corrected chi connectivity index (χ0v) is 15.2. The van der Waals surface area contributed by atoms with Crippen LogP contribution in [0.1, 0.15) is 45.6 Å². The van der Waals surface area contributed by atoms with Gasteiger partial charge in [0.15, 0.2) is 0 Å². The van der Waals surface area contributed by atoms with Crippen molar-refractivity contribution >= 4 is 6.09 Å². The van der Waals surface area contributed by atoms with E-state index in [2.05, 4.69) is 15.4 Å². The van der Waals surface area contributed by atoms with Crippen molar-refractivity contribution < 1.29 is 27.4 Å². The standard InChI is InChI=1S/C18H25F3N2O3/c1-17(2,3)26-16(24)23-14-8-7-13(10-14)22-11-12-5-4-6-15(9-12)25-18(19,20)21/h4-6,9,13-14,22H,7-8,10-11H2,1-3H3,(H,23,24)/t13-,14+/m1/s1. The number of alkyl carbamates (subject to hydrolysis) is 1. The van der Waals surface area contributed by atoms with Gasteiger partial charge in [-0.05, 0) is 57.7 Å². The molecule has 2 atom stereocenters. The predicted octanol–water partition coefficient (Wildman–Crippen LogP) is 4.12. The number of nitrogens with one attached hydrogen (secondary N) is 2. The molecule has 146 valence electrons. The maximum atomic E-state index is 12.3. The van der Waals surface area contributed by atoms with Gasteiger partial charge in [-0.25, -0.2) is 4.79 Å². The minimum absolute atomic E-state index is 0.0299. The Kier molecular flexibility index (Phi) is 6.39. The highest BCUT2D eigenvalue weighted by atomic mass is 19.4. The smallest absolute Gasteiger partial charge is 0.444 e. The number of ether oxygens (including phenoxy) is 2. The third-order valence-corrected chi connectivity index (χ3v) is 3.88. The normalized spacial score (nSPS) is 20.7. The average molecular weight is 374 g/mol. The van der Waals surface area contributed by atoms with E-state index in [1.54, 1.807) is 6.07 Å². The molecule has 1 aromatic carbocycles. The lowest BCUT2D eigenvalue weighted by Crippen LogP contribution is -2.38. The maximum Gasteiger partial charge on any atom is 0.573 e. The van der Waals surface area contributed by atoms with Crippen LogP contribution in [0.5, 0.6) is 5.75 Å². The van der Waals surface area contributed by atoms with Crippen LogP contribution < -0.4 is 15.4 Å². The van der Waals surface area contributed by atoms with Crippen LogP contribution in [-0.2, 0) is 11.3 Å². The number of carbonyl (C=O) groups excluding carboxylic acids is 1. The van der Waals surface area contributed by atoms with E-state index in [4.69, 9.17) is 4.74 Å². The van der Waals surface area contributed by atoms with Gasteiger partial charge in [-0.2, -0.15) is 0 Å². The highest BCUT2D eigenvalue weighted by molar-refractivity contribution is 5.68. The molecule has 1 amide bonds. The summed E-state index contributed by atoms with van der Waals surface area (Å²) in [5.74, 6) is -0.229. The fourth-order valence-electron chi connectivity index (χ4n) is 2.89. The molecule has 8 heteroatoms. The zero-order chi connectivity index (χ0) is 19.4. The first-order chi connectivity index (χ1) is 12.0. The minimum atomic E-state index is -4.70. The van der Waals surface area contributed by atoms with Gasteiger partial charge in [-0.1, -0.05) is 12.1 Å². The first-order valence-electron chi connectivity index (χ1n) is 8.58. The molecule has 1 fully saturated rings. The fourth-order valence-corrected chi connectivity index (χ4v) is 2.89. The maximum absolute atomic E-state index is 12.3. The monoisotopic (exact) mass is 374 g/mol. The Hall–Kier alpha value is -1.96. The van der Waals surface area contributed by atoms with E-state index >= 15 is 0 Å². The number of benzene rings is 1. The molecule has 26 heavy (non-hydrogen) atoms. The van der Waals surface area contributed by atoms with Crippen molar-refractivity contribution in [3.8, 4) is 5.75 Å². The Balaban J connectivity index is 1.77. The van der Waals surface area contributed by atoms with Crippen LogP contribution in [0.25, 0.3) is 0 Å². The summed E-state index contributed by atoms with van der Waals surface area (Å²) >= 11 is 0. The molecule has 0 bridgehead atoms. The van der Waals surface area contributed by atoms with Crippen molar-refractivity contribution in [1.82, 2.24) is 10.6 Å². The van der Waals surface area contributed by atoms with Crippen LogP contribution in [0.15, 0.2) is 24.3 Å². The number of alkyl halides is 3. The number of hydrogen-bond acceptors (Lipinski definition) is 4. The predicted molar refractivity (Wildman–Crippen MR) is 90.8 cm³/mol. The first-order valence-corrected chi connectivity index (χ1v) is 8.58. The Morgan fingerprint density at radius 2 is 1.88 bits per heavy atom. The third kappa shape index (κ3) is 7.51. The van der Waals surface area contributed by atoms with E-state index in [-0.39, 0.29) is 17.8 Å². The molecule has 0 unspecified atom stereocenters. The highest BCUT2D eigenvalue weighted by Gasteiger charge is 2.31. The SMILES string of the molecule is CC(C)(C)OC(=O)N[C@H]1CC[C@@H](NCc2cccc(OC(F)(F)F)c2)C1. The quantitative estimate of drug-likeness (QED) is 0.814. The molecular formula is C18H25F3N2O3. The summed E-state index contributed by atoms with van der Waals surface area (Å²) in [5.41, 5.74) is 0.166. The van der Waals surface area contributed by atoms with E-state index in [0.717, 1.165) is 19.3 Å². The van der Waals surface area contributed by atoms with Crippen molar-refractivity contribution in [1.29, 1.82) is 0 Å². The van der Waals surface area contributed by atoms with Gasteiger partial charge < -0.3 is 20.1 Å². The molecule has 1 saturated carbocycles. The van der Waals surface area contributed by atoms with Crippen LogP contribution in [-0.4, -0.2) is 30.1 Å². The lowest BCUT2D eigenvalue weighted by Gasteiger charge is -2.22. The summed E-state index contributed by atoms with van der Waals surface area (Å²) in [6.45, 7) is 5.85. The molecule has 0 radical (unpaired) electrons. The molecule has 0 aliphatic heterocycles. The number of hydrogen-bond donors (Lipinski definition) is 2. The summed E-state index contributed by atoms with van der Waals surface area (Å²) in [6, 6.07) is 6.12. The molecule has 0 heterocycles. The van der Waals surface area contributed by atoms with Crippen molar-refractivity contribution in [2.24, 2.45) is 0 Å². The van der Waals surface area contributed by atoms with E-state index in [1.165, 1.54) is 18.2 Å². The first kappa shape index (κ1) is 20.4. The van der Waals surface area contributed by atoms with Crippen LogP contribution >= 0.6 is 0 Å². The molecular weight excluding hydrogens is 349 g/mol. The van der Waals surface area contributed by atoms with Crippen LogP contribution in [0.2, 0.25) is 0 Å². The van der Waals surface area contributed by atoms with E-state index in [9.17, 15) is 18.0 Å². The lowest BCUT2D eigenvalue weighted by atomic mass is 10.2. The van der Waals surface area contributed by atoms with Gasteiger partial charge in [0.2, 0.25) is 0 Å². The average Bonchev–Trinajstić information content (AvgIpc) is 2.89. The number of amides is 1. The van der Waals surface area contributed by atoms with Crippen molar-refractivity contribution in [3.05, 3.63) is 29.8 Å². The summed E-state index contributed by atoms with van der Waals surface area (Å²) in [7, 11) is 0. The topological polar surface area (TPSA) is 59.6 Å². The van der Waals surface area contributed by atoms with Gasteiger partial charge in [0.25, 0.3) is 0 Å². The molecule has 0 spiro atoms. The molecule has 2 rings (SSSR count). The Morgan fingerprint density at radius 1 is 1.19 bits per heavy atom. The Bertz CT molecular complexity index is 614. The summed E-state index contributed by atoms with van der Waals surface area (Å²) < 4.78 is 46.0. The largest absolute Gasteiger partial charge is 0.573 e. The second-order valence-corrected chi connectivity index (χ2v) is 7.43. The summed E-state index contributed by atoms with van der Waals surface area (Å²) in [6.07, 6.45) is -2.68. The van der Waals surface area contributed by atoms with Crippen LogP contribution in [0.4, 0.5) is 18.0 Å². The fraction of sp³-hybridized carbons (Fsp3) is 0.611. The van der Waals surface area contributed by atoms with Gasteiger partial charge in [-0.15, -0.1) is 13.2 Å². The Labute approximate surface area is 151 Å². The molecule has 1 aliphatic carbocycles. The summed E-state index contributed by atoms with van der Waals surface area (Å²) in [4.78, 5) is 11.8. The number of halogens is 3. The molecule has 1 aliphatic rings. The molecule has 0 aromatic heterocycles. The van der Waals surface area contributed by atoms with Crippen molar-refractivity contribution in [3.63, 3.8) is 0 Å². The highest BCUT2D eigenvalue weighted by Crippen LogP contribution is 2.24. The van der Waals surface area contributed by atoms with Gasteiger partial charge in [0.1, 0.15) is 11.4 Å². The zero-order valence-electron chi connectivity index (χ0n) is 15.2. The van der Waals surface area contributed by atoms with Gasteiger partial charge >= 0.3 is 12.5 Å². The van der Waals surface area contributed by atoms with Gasteiger partial charge in [0, 0.05) is 18.6 Å². The molecule has 5 nitrogen and oxygen atoms in total. The number of rotatable bonds is 5. The van der Waals surface area contributed by atoms with Crippen molar-refractivity contribution in [2.45, 2.75) is 70.6 Å². The number of carbonyl (C=O) groups is 1. The Morgan fingerprint density at radius 3 is 2.54 bits per heavy atom. The van der Waals surface area contributed by atoms with Crippen molar-refractivity contribution in [2.75, 3.05) is 0 Å². The second-order valence-electron chi connectivity index (χ2n) is 7.43. The summed E-state index contributed by atoms with van der Waals surface area (Å²) in [5, 5.41) is 6.16. The third-order valence-electron chi connectivity index (χ3n) is 3.88. The van der Waals surface area contributed by atoms with Crippen LogP contribution in [0, 0.1) is 0 Å².